The summed E-state index contributed by atoms with van der Waals surface area (Å²) < 4.78 is 5.34. The highest BCUT2D eigenvalue weighted by Gasteiger charge is 2.56. The number of amides is 1. The van der Waals surface area contributed by atoms with Gasteiger partial charge in [-0.15, -0.1) is 0 Å². The maximum atomic E-state index is 12.0. The molecule has 0 aromatic carbocycles. The molecule has 1 saturated carbocycles. The lowest BCUT2D eigenvalue weighted by Crippen LogP contribution is -2.29. The number of ether oxygens (including phenoxy) is 1. The molecule has 2 atom stereocenters. The highest BCUT2D eigenvalue weighted by Crippen LogP contribution is 2.41. The number of nitrogens with zero attached hydrogens (tertiary/aromatic N) is 1. The second-order valence-corrected chi connectivity index (χ2v) is 6.40. The minimum atomic E-state index is -0.496. The molecule has 0 aromatic heterocycles. The van der Waals surface area contributed by atoms with E-state index in [1.165, 1.54) is 19.3 Å². The number of rotatable bonds is 2. The summed E-state index contributed by atoms with van der Waals surface area (Å²) in [6, 6.07) is -0.152. The SMILES string of the molecule is CC(C)(C)OC(=O)N1[C@H](C=O)[C@H]1C1CCCCC1. The Morgan fingerprint density at radius 2 is 1.83 bits per heavy atom. The van der Waals surface area contributed by atoms with Crippen LogP contribution in [0.2, 0.25) is 0 Å². The van der Waals surface area contributed by atoms with Crippen LogP contribution >= 0.6 is 0 Å². The highest BCUT2D eigenvalue weighted by atomic mass is 16.6. The van der Waals surface area contributed by atoms with Gasteiger partial charge in [0.2, 0.25) is 0 Å². The third-order valence-corrected chi connectivity index (χ3v) is 3.78. The molecule has 2 rings (SSSR count). The van der Waals surface area contributed by atoms with Crippen molar-refractivity contribution in [3.05, 3.63) is 0 Å². The first-order valence-electron chi connectivity index (χ1n) is 6.90. The number of aldehydes is 1. The van der Waals surface area contributed by atoms with Crippen molar-refractivity contribution in [1.29, 1.82) is 0 Å². The van der Waals surface area contributed by atoms with Gasteiger partial charge in [0.25, 0.3) is 0 Å². The van der Waals surface area contributed by atoms with Crippen LogP contribution in [0.15, 0.2) is 0 Å². The second kappa shape index (κ2) is 4.90. The minimum Gasteiger partial charge on any atom is -0.444 e. The van der Waals surface area contributed by atoms with Crippen molar-refractivity contribution in [2.75, 3.05) is 0 Å². The summed E-state index contributed by atoms with van der Waals surface area (Å²) in [5, 5.41) is 0. The van der Waals surface area contributed by atoms with Crippen LogP contribution in [-0.2, 0) is 9.53 Å². The zero-order valence-corrected chi connectivity index (χ0v) is 11.5. The van der Waals surface area contributed by atoms with E-state index in [1.807, 2.05) is 20.8 Å². The molecule has 1 aliphatic heterocycles. The van der Waals surface area contributed by atoms with E-state index in [0.29, 0.717) is 5.92 Å². The molecule has 102 valence electrons. The van der Waals surface area contributed by atoms with E-state index in [-0.39, 0.29) is 18.2 Å². The zero-order chi connectivity index (χ0) is 13.3. The topological polar surface area (TPSA) is 46.4 Å². The van der Waals surface area contributed by atoms with Gasteiger partial charge in [-0.3, -0.25) is 4.90 Å². The largest absolute Gasteiger partial charge is 0.444 e. The Hall–Kier alpha value is -1.06. The number of hydrogen-bond acceptors (Lipinski definition) is 3. The summed E-state index contributed by atoms with van der Waals surface area (Å²) in [7, 11) is 0. The third kappa shape index (κ3) is 2.85. The highest BCUT2D eigenvalue weighted by molar-refractivity contribution is 5.81. The first-order valence-corrected chi connectivity index (χ1v) is 6.90. The van der Waals surface area contributed by atoms with E-state index in [4.69, 9.17) is 4.74 Å². The van der Waals surface area contributed by atoms with Crippen LogP contribution in [-0.4, -0.2) is 35.0 Å². The predicted octanol–water partition coefficient (Wildman–Crippen LogP) is 2.75. The molecule has 1 amide bonds. The summed E-state index contributed by atoms with van der Waals surface area (Å²) in [6.07, 6.45) is 6.53. The van der Waals surface area contributed by atoms with E-state index in [1.54, 1.807) is 4.90 Å². The molecule has 1 heterocycles. The number of carbonyl (C=O) groups excluding carboxylic acids is 2. The Labute approximate surface area is 109 Å². The van der Waals surface area contributed by atoms with Crippen LogP contribution in [0.4, 0.5) is 4.79 Å². The Morgan fingerprint density at radius 3 is 2.33 bits per heavy atom. The second-order valence-electron chi connectivity index (χ2n) is 6.40. The van der Waals surface area contributed by atoms with Gasteiger partial charge in [0.15, 0.2) is 0 Å². The van der Waals surface area contributed by atoms with Gasteiger partial charge in [-0.2, -0.15) is 0 Å². The average molecular weight is 253 g/mol. The van der Waals surface area contributed by atoms with Crippen LogP contribution < -0.4 is 0 Å². The van der Waals surface area contributed by atoms with Crippen molar-refractivity contribution in [3.63, 3.8) is 0 Å². The Morgan fingerprint density at radius 1 is 1.22 bits per heavy atom. The van der Waals surface area contributed by atoms with E-state index in [9.17, 15) is 9.59 Å². The predicted molar refractivity (Wildman–Crippen MR) is 68.3 cm³/mol. The Balaban J connectivity index is 1.96. The fraction of sp³-hybridized carbons (Fsp3) is 0.857. The molecule has 2 fully saturated rings. The first-order chi connectivity index (χ1) is 8.44. The van der Waals surface area contributed by atoms with Gasteiger partial charge < -0.3 is 9.53 Å². The fourth-order valence-electron chi connectivity index (χ4n) is 2.95. The van der Waals surface area contributed by atoms with Crippen molar-refractivity contribution < 1.29 is 14.3 Å². The van der Waals surface area contributed by atoms with Crippen LogP contribution in [0.5, 0.6) is 0 Å². The third-order valence-electron chi connectivity index (χ3n) is 3.78. The van der Waals surface area contributed by atoms with Crippen LogP contribution in [0.25, 0.3) is 0 Å². The normalized spacial score (nSPS) is 28.9. The summed E-state index contributed by atoms with van der Waals surface area (Å²) in [6.45, 7) is 5.54. The van der Waals surface area contributed by atoms with Crippen LogP contribution in [0.1, 0.15) is 52.9 Å². The monoisotopic (exact) mass is 253 g/mol. The lowest BCUT2D eigenvalue weighted by molar-refractivity contribution is -0.108. The quantitative estimate of drug-likeness (QED) is 0.561. The standard InChI is InChI=1S/C14H23NO3/c1-14(2,3)18-13(17)15-11(9-16)12(15)10-7-5-4-6-8-10/h9-12H,4-8H2,1-3H3/t11-,12-,15?/m1/s1. The molecule has 1 saturated heterocycles. The molecule has 0 bridgehead atoms. The van der Waals surface area contributed by atoms with Gasteiger partial charge in [0.05, 0.1) is 6.04 Å². The van der Waals surface area contributed by atoms with Crippen LogP contribution in [0, 0.1) is 5.92 Å². The molecule has 4 nitrogen and oxygen atoms in total. The molecule has 1 aliphatic carbocycles. The minimum absolute atomic E-state index is 0.0950. The Bertz CT molecular complexity index is 328. The van der Waals surface area contributed by atoms with E-state index < -0.39 is 5.60 Å². The van der Waals surface area contributed by atoms with Gasteiger partial charge in [0, 0.05) is 0 Å². The van der Waals surface area contributed by atoms with Gasteiger partial charge in [-0.05, 0) is 39.5 Å². The smallest absolute Gasteiger partial charge is 0.411 e. The summed E-state index contributed by atoms with van der Waals surface area (Å²) >= 11 is 0. The molecule has 0 N–H and O–H groups in total. The van der Waals surface area contributed by atoms with Gasteiger partial charge in [-0.1, -0.05) is 19.3 Å². The van der Waals surface area contributed by atoms with Crippen molar-refractivity contribution >= 4 is 12.4 Å². The van der Waals surface area contributed by atoms with Crippen molar-refractivity contribution in [2.24, 2.45) is 5.92 Å². The Kier molecular flexibility index (Phi) is 3.64. The lowest BCUT2D eigenvalue weighted by Gasteiger charge is -2.23. The molecule has 0 unspecified atom stereocenters. The average Bonchev–Trinajstić information content (AvgIpc) is 3.02. The van der Waals surface area contributed by atoms with Gasteiger partial charge >= 0.3 is 6.09 Å². The molecule has 0 spiro atoms. The maximum absolute atomic E-state index is 12.0. The molecular formula is C14H23NO3. The summed E-state index contributed by atoms with van der Waals surface area (Å²) in [4.78, 5) is 24.7. The van der Waals surface area contributed by atoms with Crippen molar-refractivity contribution in [2.45, 2.75) is 70.6 Å². The van der Waals surface area contributed by atoms with Crippen LogP contribution in [0.3, 0.4) is 0 Å². The molecule has 18 heavy (non-hydrogen) atoms. The van der Waals surface area contributed by atoms with E-state index in [2.05, 4.69) is 0 Å². The molecule has 2 aliphatic rings. The maximum Gasteiger partial charge on any atom is 0.411 e. The molecule has 0 aromatic rings. The molecular weight excluding hydrogens is 230 g/mol. The number of hydrogen-bond donors (Lipinski definition) is 0. The van der Waals surface area contributed by atoms with Crippen molar-refractivity contribution in [3.8, 4) is 0 Å². The molecule has 4 heteroatoms. The van der Waals surface area contributed by atoms with E-state index >= 15 is 0 Å². The van der Waals surface area contributed by atoms with Gasteiger partial charge in [0.1, 0.15) is 17.9 Å². The number of carbonyl (C=O) groups is 2. The summed E-state index contributed by atoms with van der Waals surface area (Å²) in [5.74, 6) is 0.487. The fourth-order valence-corrected chi connectivity index (χ4v) is 2.95. The molecule has 0 radical (unpaired) electrons. The van der Waals surface area contributed by atoms with E-state index in [0.717, 1.165) is 19.1 Å². The van der Waals surface area contributed by atoms with Crippen molar-refractivity contribution in [1.82, 2.24) is 4.90 Å². The van der Waals surface area contributed by atoms with Gasteiger partial charge in [-0.25, -0.2) is 4.79 Å². The summed E-state index contributed by atoms with van der Waals surface area (Å²) in [5.41, 5.74) is -0.496. The lowest BCUT2D eigenvalue weighted by atomic mass is 9.86. The first kappa shape index (κ1) is 13.4. The zero-order valence-electron chi connectivity index (χ0n) is 11.5.